The van der Waals surface area contributed by atoms with Gasteiger partial charge in [-0.3, -0.25) is 9.59 Å². The van der Waals surface area contributed by atoms with Gasteiger partial charge >= 0.3 is 0 Å². The molecule has 7 heteroatoms. The van der Waals surface area contributed by atoms with E-state index in [0.29, 0.717) is 0 Å². The Morgan fingerprint density at radius 3 is 1.67 bits per heavy atom. The molecule has 146 valence electrons. The molecule has 4 rings (SSSR count). The highest BCUT2D eigenvalue weighted by molar-refractivity contribution is 5.45. The van der Waals surface area contributed by atoms with Gasteiger partial charge in [-0.1, -0.05) is 0 Å². The fourth-order valence-corrected chi connectivity index (χ4v) is 3.48. The van der Waals surface area contributed by atoms with E-state index in [1.807, 2.05) is 12.1 Å². The van der Waals surface area contributed by atoms with Crippen molar-refractivity contribution in [3.63, 3.8) is 0 Å². The first-order valence-electron chi connectivity index (χ1n) is 9.68. The van der Waals surface area contributed by atoms with Gasteiger partial charge in [-0.2, -0.15) is 0 Å². The van der Waals surface area contributed by atoms with Crippen LogP contribution in [0, 0.1) is 0 Å². The van der Waals surface area contributed by atoms with Crippen LogP contribution in [0.5, 0.6) is 0 Å². The number of H-pyrrole nitrogens is 2. The molecule has 0 spiro atoms. The van der Waals surface area contributed by atoms with E-state index in [-0.39, 0.29) is 11.1 Å². The third-order valence-corrected chi connectivity index (χ3v) is 5.11. The Kier molecular flexibility index (Phi) is 6.70. The topological polar surface area (TPSA) is 75.4 Å². The van der Waals surface area contributed by atoms with Gasteiger partial charge in [-0.15, -0.1) is 0 Å². The van der Waals surface area contributed by atoms with Crippen LogP contribution in [-0.2, 0) is 0 Å². The van der Waals surface area contributed by atoms with E-state index in [4.69, 9.17) is 0 Å². The summed E-state index contributed by atoms with van der Waals surface area (Å²) in [5, 5.41) is 0. The van der Waals surface area contributed by atoms with E-state index >= 15 is 0 Å². The summed E-state index contributed by atoms with van der Waals surface area (Å²) < 4.78 is 0. The number of piperazine rings is 1. The molecular formula is C20H29N5O2. The van der Waals surface area contributed by atoms with Crippen molar-refractivity contribution in [1.82, 2.24) is 14.9 Å². The standard InChI is InChI=1S/C10H15N3O.C10H14N2O/c1-12-4-6-13(7-5-12)9-2-3-11-10(14)8-9;13-10-8-9(4-5-11-10)12-6-2-1-3-7-12/h2-3,8H,4-7H2,1H3,(H,11,14);4-5,8H,1-3,6-7H2,(H,11,13). The minimum absolute atomic E-state index is 0.0110. The number of rotatable bonds is 2. The second-order valence-electron chi connectivity index (χ2n) is 7.16. The highest BCUT2D eigenvalue weighted by Crippen LogP contribution is 2.17. The predicted octanol–water partition coefficient (Wildman–Crippen LogP) is 1.49. The fourth-order valence-electron chi connectivity index (χ4n) is 3.48. The SMILES string of the molecule is CN1CCN(c2cc[nH]c(=O)c2)CC1.O=c1cc(N2CCCCC2)cc[nH]1. The zero-order valence-corrected chi connectivity index (χ0v) is 16.0. The van der Waals surface area contributed by atoms with Crippen LogP contribution in [0.4, 0.5) is 11.4 Å². The Hall–Kier alpha value is -2.54. The van der Waals surface area contributed by atoms with Crippen molar-refractivity contribution >= 4 is 11.4 Å². The normalized spacial score (nSPS) is 18.0. The van der Waals surface area contributed by atoms with Crippen LogP contribution in [-0.4, -0.2) is 61.2 Å². The van der Waals surface area contributed by atoms with E-state index in [1.54, 1.807) is 24.5 Å². The lowest BCUT2D eigenvalue weighted by molar-refractivity contribution is 0.313. The fraction of sp³-hybridized carbons (Fsp3) is 0.500. The van der Waals surface area contributed by atoms with Gasteiger partial charge in [-0.25, -0.2) is 0 Å². The molecule has 2 N–H and O–H groups in total. The Labute approximate surface area is 159 Å². The van der Waals surface area contributed by atoms with Crippen molar-refractivity contribution < 1.29 is 0 Å². The van der Waals surface area contributed by atoms with Crippen LogP contribution >= 0.6 is 0 Å². The maximum absolute atomic E-state index is 11.1. The molecule has 2 aromatic heterocycles. The van der Waals surface area contributed by atoms with Crippen molar-refractivity contribution in [3.05, 3.63) is 57.4 Å². The number of piperidine rings is 1. The smallest absolute Gasteiger partial charge is 0.249 e. The maximum Gasteiger partial charge on any atom is 0.249 e. The summed E-state index contributed by atoms with van der Waals surface area (Å²) in [4.78, 5) is 34.2. The minimum atomic E-state index is -0.0265. The van der Waals surface area contributed by atoms with Gasteiger partial charge in [0.15, 0.2) is 0 Å². The molecule has 2 saturated heterocycles. The lowest BCUT2D eigenvalue weighted by Crippen LogP contribution is -2.44. The molecule has 0 bridgehead atoms. The highest BCUT2D eigenvalue weighted by Gasteiger charge is 2.14. The summed E-state index contributed by atoms with van der Waals surface area (Å²) in [5.41, 5.74) is 2.05. The molecule has 7 nitrogen and oxygen atoms in total. The van der Waals surface area contributed by atoms with Crippen LogP contribution < -0.4 is 20.9 Å². The van der Waals surface area contributed by atoms with Gasteiger partial charge < -0.3 is 24.7 Å². The Balaban J connectivity index is 0.000000156. The first kappa shape index (κ1) is 19.2. The average Bonchev–Trinajstić information content (AvgIpc) is 2.70. The lowest BCUT2D eigenvalue weighted by Gasteiger charge is -2.33. The van der Waals surface area contributed by atoms with Gasteiger partial charge in [0, 0.05) is 75.2 Å². The monoisotopic (exact) mass is 371 g/mol. The van der Waals surface area contributed by atoms with Crippen molar-refractivity contribution in [2.45, 2.75) is 19.3 Å². The van der Waals surface area contributed by atoms with Gasteiger partial charge in [0.2, 0.25) is 11.1 Å². The number of nitrogens with zero attached hydrogens (tertiary/aromatic N) is 3. The van der Waals surface area contributed by atoms with Gasteiger partial charge in [0.05, 0.1) is 0 Å². The number of aromatic nitrogens is 2. The first-order chi connectivity index (χ1) is 13.1. The third kappa shape index (κ3) is 5.72. The molecule has 0 radical (unpaired) electrons. The molecule has 0 atom stereocenters. The molecular weight excluding hydrogens is 342 g/mol. The molecule has 0 unspecified atom stereocenters. The molecule has 27 heavy (non-hydrogen) atoms. The third-order valence-electron chi connectivity index (χ3n) is 5.11. The second-order valence-corrected chi connectivity index (χ2v) is 7.16. The van der Waals surface area contributed by atoms with Crippen LogP contribution in [0.15, 0.2) is 46.2 Å². The maximum atomic E-state index is 11.1. The largest absolute Gasteiger partial charge is 0.371 e. The van der Waals surface area contributed by atoms with E-state index in [0.717, 1.165) is 50.6 Å². The number of aromatic amines is 2. The van der Waals surface area contributed by atoms with Gasteiger partial charge in [-0.05, 0) is 38.4 Å². The molecule has 0 saturated carbocycles. The van der Waals surface area contributed by atoms with Crippen molar-refractivity contribution in [2.24, 2.45) is 0 Å². The molecule has 0 aliphatic carbocycles. The first-order valence-corrected chi connectivity index (χ1v) is 9.68. The van der Waals surface area contributed by atoms with Crippen molar-refractivity contribution in [3.8, 4) is 0 Å². The minimum Gasteiger partial charge on any atom is -0.371 e. The Morgan fingerprint density at radius 1 is 0.704 bits per heavy atom. The zero-order valence-electron chi connectivity index (χ0n) is 16.0. The summed E-state index contributed by atoms with van der Waals surface area (Å²) in [6.45, 7) is 6.30. The summed E-state index contributed by atoms with van der Waals surface area (Å²) in [7, 11) is 2.12. The van der Waals surface area contributed by atoms with Crippen LogP contribution in [0.25, 0.3) is 0 Å². The van der Waals surface area contributed by atoms with Crippen LogP contribution in [0.3, 0.4) is 0 Å². The van der Waals surface area contributed by atoms with Crippen LogP contribution in [0.2, 0.25) is 0 Å². The summed E-state index contributed by atoms with van der Waals surface area (Å²) in [6, 6.07) is 7.25. The Bertz CT molecular complexity index is 817. The average molecular weight is 371 g/mol. The molecule has 0 amide bonds. The molecule has 2 aliphatic rings. The number of likely N-dealkylation sites (N-methyl/N-ethyl adjacent to an activating group) is 1. The zero-order chi connectivity index (χ0) is 19.1. The van der Waals surface area contributed by atoms with Crippen LogP contribution in [0.1, 0.15) is 19.3 Å². The van der Waals surface area contributed by atoms with E-state index < -0.39 is 0 Å². The van der Waals surface area contributed by atoms with Crippen molar-refractivity contribution in [1.29, 1.82) is 0 Å². The molecule has 4 heterocycles. The second kappa shape index (κ2) is 9.41. The highest BCUT2D eigenvalue weighted by atomic mass is 16.1. The number of hydrogen-bond acceptors (Lipinski definition) is 5. The summed E-state index contributed by atoms with van der Waals surface area (Å²) in [5.74, 6) is 0. The van der Waals surface area contributed by atoms with E-state index in [1.165, 1.54) is 19.3 Å². The summed E-state index contributed by atoms with van der Waals surface area (Å²) >= 11 is 0. The van der Waals surface area contributed by atoms with Crippen molar-refractivity contribution in [2.75, 3.05) is 56.1 Å². The van der Waals surface area contributed by atoms with Gasteiger partial charge in [0.25, 0.3) is 0 Å². The number of pyridine rings is 2. The van der Waals surface area contributed by atoms with E-state index in [9.17, 15) is 9.59 Å². The van der Waals surface area contributed by atoms with E-state index in [2.05, 4.69) is 31.7 Å². The number of anilines is 2. The molecule has 0 aromatic carbocycles. The quantitative estimate of drug-likeness (QED) is 0.837. The Morgan fingerprint density at radius 2 is 1.19 bits per heavy atom. The molecule has 2 fully saturated rings. The predicted molar refractivity (Wildman–Crippen MR) is 110 cm³/mol. The van der Waals surface area contributed by atoms with Gasteiger partial charge in [0.1, 0.15) is 0 Å². The summed E-state index contributed by atoms with van der Waals surface area (Å²) in [6.07, 6.45) is 7.22. The molecule has 2 aromatic rings. The lowest BCUT2D eigenvalue weighted by atomic mass is 10.1. The molecule has 2 aliphatic heterocycles. The number of nitrogens with one attached hydrogen (secondary N) is 2. The number of hydrogen-bond donors (Lipinski definition) is 2.